The third-order valence-corrected chi connectivity index (χ3v) is 5.44. The standard InChI is InChI=1S/C17H24ClN3O/c1-11-16(22)20(4)13-5-6-14(18)19-15(13)21(11)12-7-9-17(2,3)10-8-12/h5-6,11-12H,7-10H2,1-4H3. The number of pyridine rings is 1. The Morgan fingerprint density at radius 1 is 1.27 bits per heavy atom. The van der Waals surface area contributed by atoms with Crippen LogP contribution in [0.4, 0.5) is 11.5 Å². The zero-order chi connectivity index (χ0) is 16.1. The number of hydrogen-bond donors (Lipinski definition) is 0. The maximum atomic E-state index is 12.6. The number of likely N-dealkylation sites (N-methyl/N-ethyl adjacent to an activating group) is 1. The number of nitrogens with zero attached hydrogens (tertiary/aromatic N) is 3. The highest BCUT2D eigenvalue weighted by atomic mass is 35.5. The second-order valence-corrected chi connectivity index (χ2v) is 7.74. The molecular weight excluding hydrogens is 298 g/mol. The summed E-state index contributed by atoms with van der Waals surface area (Å²) in [5, 5.41) is 0.481. The number of anilines is 2. The monoisotopic (exact) mass is 321 g/mol. The smallest absolute Gasteiger partial charge is 0.249 e. The van der Waals surface area contributed by atoms with E-state index in [4.69, 9.17) is 11.6 Å². The van der Waals surface area contributed by atoms with Crippen LogP contribution in [0.5, 0.6) is 0 Å². The maximum absolute atomic E-state index is 12.6. The molecule has 1 fully saturated rings. The van der Waals surface area contributed by atoms with E-state index < -0.39 is 0 Å². The van der Waals surface area contributed by atoms with Crippen LogP contribution in [0, 0.1) is 5.41 Å². The van der Waals surface area contributed by atoms with Crippen molar-refractivity contribution in [3.05, 3.63) is 17.3 Å². The summed E-state index contributed by atoms with van der Waals surface area (Å²) in [6, 6.07) is 3.83. The van der Waals surface area contributed by atoms with Crippen molar-refractivity contribution in [1.82, 2.24) is 4.98 Å². The Hall–Kier alpha value is -1.29. The molecule has 0 radical (unpaired) electrons. The molecule has 3 rings (SSSR count). The van der Waals surface area contributed by atoms with E-state index in [9.17, 15) is 4.79 Å². The molecule has 1 aliphatic carbocycles. The summed E-state index contributed by atoms with van der Waals surface area (Å²) in [5.74, 6) is 0.980. The second kappa shape index (κ2) is 5.41. The lowest BCUT2D eigenvalue weighted by atomic mass is 9.75. The van der Waals surface area contributed by atoms with E-state index in [1.54, 1.807) is 11.0 Å². The van der Waals surface area contributed by atoms with Gasteiger partial charge in [0, 0.05) is 13.1 Å². The molecule has 1 atom stereocenters. The first-order valence-corrected chi connectivity index (χ1v) is 8.40. The molecule has 1 aromatic heterocycles. The quantitative estimate of drug-likeness (QED) is 0.737. The average Bonchev–Trinajstić information content (AvgIpc) is 2.46. The molecule has 1 aromatic rings. The fourth-order valence-corrected chi connectivity index (χ4v) is 3.87. The van der Waals surface area contributed by atoms with Crippen LogP contribution in [0.15, 0.2) is 12.1 Å². The Labute approximate surface area is 137 Å². The highest BCUT2D eigenvalue weighted by Gasteiger charge is 2.40. The maximum Gasteiger partial charge on any atom is 0.249 e. The highest BCUT2D eigenvalue weighted by Crippen LogP contribution is 2.42. The van der Waals surface area contributed by atoms with Crippen molar-refractivity contribution in [3.63, 3.8) is 0 Å². The van der Waals surface area contributed by atoms with Gasteiger partial charge in [0.2, 0.25) is 5.91 Å². The highest BCUT2D eigenvalue weighted by molar-refractivity contribution is 6.29. The van der Waals surface area contributed by atoms with E-state index in [-0.39, 0.29) is 11.9 Å². The Morgan fingerprint density at radius 3 is 2.55 bits per heavy atom. The number of carbonyl (C=O) groups excluding carboxylic acids is 1. The molecule has 2 heterocycles. The zero-order valence-corrected chi connectivity index (χ0v) is 14.5. The van der Waals surface area contributed by atoms with Crippen LogP contribution in [0.3, 0.4) is 0 Å². The van der Waals surface area contributed by atoms with Crippen molar-refractivity contribution in [2.75, 3.05) is 16.8 Å². The van der Waals surface area contributed by atoms with Crippen LogP contribution in [0.1, 0.15) is 46.5 Å². The van der Waals surface area contributed by atoms with E-state index >= 15 is 0 Å². The minimum absolute atomic E-state index is 0.126. The van der Waals surface area contributed by atoms with Crippen LogP contribution < -0.4 is 9.80 Å². The van der Waals surface area contributed by atoms with Gasteiger partial charge in [0.15, 0.2) is 5.82 Å². The number of hydrogen-bond acceptors (Lipinski definition) is 3. The molecule has 1 aliphatic heterocycles. The van der Waals surface area contributed by atoms with Crippen LogP contribution in [0.25, 0.3) is 0 Å². The topological polar surface area (TPSA) is 36.4 Å². The first kappa shape index (κ1) is 15.6. The first-order valence-electron chi connectivity index (χ1n) is 8.03. The molecule has 1 unspecified atom stereocenters. The Kier molecular flexibility index (Phi) is 3.84. The van der Waals surface area contributed by atoms with Crippen LogP contribution in [-0.4, -0.2) is 30.0 Å². The van der Waals surface area contributed by atoms with Gasteiger partial charge in [-0.2, -0.15) is 0 Å². The van der Waals surface area contributed by atoms with Crippen LogP contribution in [-0.2, 0) is 4.79 Å². The molecule has 0 saturated heterocycles. The molecule has 2 aliphatic rings. The van der Waals surface area contributed by atoms with E-state index in [0.717, 1.165) is 24.3 Å². The molecule has 5 heteroatoms. The van der Waals surface area contributed by atoms with Gasteiger partial charge in [-0.25, -0.2) is 4.98 Å². The molecule has 1 amide bonds. The molecule has 0 spiro atoms. The summed E-state index contributed by atoms with van der Waals surface area (Å²) < 4.78 is 0. The SMILES string of the molecule is CC1C(=O)N(C)c2ccc(Cl)nc2N1C1CCC(C)(C)CC1. The fraction of sp³-hybridized carbons (Fsp3) is 0.647. The predicted octanol–water partition coefficient (Wildman–Crippen LogP) is 3.88. The number of amides is 1. The molecule has 4 nitrogen and oxygen atoms in total. The van der Waals surface area contributed by atoms with Crippen molar-refractivity contribution in [1.29, 1.82) is 0 Å². The number of rotatable bonds is 1. The van der Waals surface area contributed by atoms with E-state index in [2.05, 4.69) is 23.7 Å². The van der Waals surface area contributed by atoms with Gasteiger partial charge < -0.3 is 9.80 Å². The fourth-order valence-electron chi connectivity index (χ4n) is 3.72. The van der Waals surface area contributed by atoms with Crippen molar-refractivity contribution in [3.8, 4) is 0 Å². The third kappa shape index (κ3) is 2.58. The normalized spacial score (nSPS) is 25.3. The van der Waals surface area contributed by atoms with Crippen molar-refractivity contribution >= 4 is 29.0 Å². The van der Waals surface area contributed by atoms with E-state index in [1.165, 1.54) is 12.8 Å². The van der Waals surface area contributed by atoms with Gasteiger partial charge in [-0.05, 0) is 50.2 Å². The molecule has 0 N–H and O–H groups in total. The van der Waals surface area contributed by atoms with Gasteiger partial charge in [-0.15, -0.1) is 0 Å². The summed E-state index contributed by atoms with van der Waals surface area (Å²) in [7, 11) is 1.81. The van der Waals surface area contributed by atoms with Crippen molar-refractivity contribution < 1.29 is 4.79 Å². The van der Waals surface area contributed by atoms with Gasteiger partial charge in [0.05, 0.1) is 5.69 Å². The summed E-state index contributed by atoms with van der Waals surface area (Å²) >= 11 is 6.12. The lowest BCUT2D eigenvalue weighted by Crippen LogP contribution is -2.56. The van der Waals surface area contributed by atoms with Gasteiger partial charge in [0.1, 0.15) is 11.2 Å². The third-order valence-electron chi connectivity index (χ3n) is 5.23. The van der Waals surface area contributed by atoms with Crippen molar-refractivity contribution in [2.45, 2.75) is 58.5 Å². The Balaban J connectivity index is 1.98. The number of halogens is 1. The van der Waals surface area contributed by atoms with Gasteiger partial charge in [-0.1, -0.05) is 25.4 Å². The summed E-state index contributed by atoms with van der Waals surface area (Å²) in [5.41, 5.74) is 1.26. The number of carbonyl (C=O) groups is 1. The van der Waals surface area contributed by atoms with Crippen molar-refractivity contribution in [2.24, 2.45) is 5.41 Å². The molecule has 120 valence electrons. The first-order chi connectivity index (χ1) is 10.3. The van der Waals surface area contributed by atoms with Crippen LogP contribution in [0.2, 0.25) is 5.15 Å². The van der Waals surface area contributed by atoms with Gasteiger partial charge in [0.25, 0.3) is 0 Å². The second-order valence-electron chi connectivity index (χ2n) is 7.35. The molecule has 22 heavy (non-hydrogen) atoms. The summed E-state index contributed by atoms with van der Waals surface area (Å²) in [6.45, 7) is 6.62. The largest absolute Gasteiger partial charge is 0.340 e. The number of aromatic nitrogens is 1. The predicted molar refractivity (Wildman–Crippen MR) is 90.6 cm³/mol. The molecule has 1 saturated carbocycles. The minimum Gasteiger partial charge on any atom is -0.340 e. The van der Waals surface area contributed by atoms with E-state index in [1.807, 2.05) is 20.0 Å². The number of fused-ring (bicyclic) bond motifs is 1. The Morgan fingerprint density at radius 2 is 1.91 bits per heavy atom. The summed E-state index contributed by atoms with van der Waals surface area (Å²) in [6.07, 6.45) is 4.56. The minimum atomic E-state index is -0.185. The molecule has 0 aromatic carbocycles. The van der Waals surface area contributed by atoms with Gasteiger partial charge >= 0.3 is 0 Å². The zero-order valence-electron chi connectivity index (χ0n) is 13.8. The molecule has 0 bridgehead atoms. The lowest BCUT2D eigenvalue weighted by Gasteiger charge is -2.47. The Bertz CT molecular complexity index is 592. The average molecular weight is 322 g/mol. The van der Waals surface area contributed by atoms with Crippen LogP contribution >= 0.6 is 11.6 Å². The lowest BCUT2D eigenvalue weighted by molar-refractivity contribution is -0.119. The van der Waals surface area contributed by atoms with E-state index in [0.29, 0.717) is 16.6 Å². The molecular formula is C17H24ClN3O. The summed E-state index contributed by atoms with van der Waals surface area (Å²) in [4.78, 5) is 21.0. The van der Waals surface area contributed by atoms with Gasteiger partial charge in [-0.3, -0.25) is 4.79 Å².